The van der Waals surface area contributed by atoms with Gasteiger partial charge in [0.15, 0.2) is 15.6 Å². The molecular weight excluding hydrogens is 282 g/mol. The van der Waals surface area contributed by atoms with Gasteiger partial charge in [0.05, 0.1) is 36.9 Å². The lowest BCUT2D eigenvalue weighted by Crippen LogP contribution is -2.50. The highest BCUT2D eigenvalue weighted by molar-refractivity contribution is 7.91. The Morgan fingerprint density at radius 1 is 1.15 bits per heavy atom. The summed E-state index contributed by atoms with van der Waals surface area (Å²) in [7, 11) is -1.17. The highest BCUT2D eigenvalue weighted by atomic mass is 32.2. The van der Waals surface area contributed by atoms with Crippen LogP contribution in [0.3, 0.4) is 0 Å². The molecule has 0 aromatic carbocycles. The second kappa shape index (κ2) is 5.21. The van der Waals surface area contributed by atoms with Crippen LogP contribution in [0.25, 0.3) is 0 Å². The van der Waals surface area contributed by atoms with E-state index in [1.54, 1.807) is 0 Å². The summed E-state index contributed by atoms with van der Waals surface area (Å²) in [6.45, 7) is 1.33. The van der Waals surface area contributed by atoms with Crippen molar-refractivity contribution < 1.29 is 23.0 Å². The summed E-state index contributed by atoms with van der Waals surface area (Å²) in [6, 6.07) is 0.0193. The number of aliphatic hydroxyl groups excluding tert-OH is 1. The predicted molar refractivity (Wildman–Crippen MR) is 73.1 cm³/mol. The molecule has 0 aromatic rings. The first-order valence-electron chi connectivity index (χ1n) is 7.29. The zero-order valence-corrected chi connectivity index (χ0v) is 12.6. The highest BCUT2D eigenvalue weighted by Crippen LogP contribution is 2.38. The first-order valence-corrected chi connectivity index (χ1v) is 9.11. The maximum absolute atomic E-state index is 11.6. The van der Waals surface area contributed by atoms with Crippen molar-refractivity contribution in [2.45, 2.75) is 49.7 Å². The van der Waals surface area contributed by atoms with Gasteiger partial charge in [0.1, 0.15) is 0 Å². The first kappa shape index (κ1) is 14.7. The van der Waals surface area contributed by atoms with Crippen molar-refractivity contribution in [3.63, 3.8) is 0 Å². The standard InChI is InChI=1S/C13H23NO5S/c1-14(11-8-20(16,17)9-12(11)15)10-2-4-13(5-3-10)18-6-7-19-13/h10-12,15H,2-9H2,1H3. The summed E-state index contributed by atoms with van der Waals surface area (Å²) in [4.78, 5) is 2.05. The van der Waals surface area contributed by atoms with Crippen LogP contribution in [-0.4, -0.2) is 74.2 Å². The van der Waals surface area contributed by atoms with Gasteiger partial charge in [0.25, 0.3) is 0 Å². The van der Waals surface area contributed by atoms with Crippen molar-refractivity contribution in [3.05, 3.63) is 0 Å². The number of ether oxygens (including phenoxy) is 2. The van der Waals surface area contributed by atoms with Crippen LogP contribution < -0.4 is 0 Å². The van der Waals surface area contributed by atoms with Gasteiger partial charge >= 0.3 is 0 Å². The molecule has 20 heavy (non-hydrogen) atoms. The molecule has 2 atom stereocenters. The zero-order valence-electron chi connectivity index (χ0n) is 11.8. The quantitative estimate of drug-likeness (QED) is 0.759. The molecule has 2 heterocycles. The van der Waals surface area contributed by atoms with Crippen LogP contribution in [0.2, 0.25) is 0 Å². The third-order valence-corrected chi connectivity index (χ3v) is 6.62. The van der Waals surface area contributed by atoms with E-state index < -0.39 is 21.7 Å². The second-order valence-corrected chi connectivity index (χ2v) is 8.37. The minimum Gasteiger partial charge on any atom is -0.390 e. The third kappa shape index (κ3) is 2.74. The van der Waals surface area contributed by atoms with Crippen molar-refractivity contribution in [3.8, 4) is 0 Å². The second-order valence-electron chi connectivity index (χ2n) is 6.22. The van der Waals surface area contributed by atoms with Crippen LogP contribution in [0.1, 0.15) is 25.7 Å². The Bertz CT molecular complexity index is 449. The van der Waals surface area contributed by atoms with E-state index in [9.17, 15) is 13.5 Å². The van der Waals surface area contributed by atoms with Gasteiger partial charge in [0, 0.05) is 18.9 Å². The number of sulfone groups is 1. The molecule has 1 N–H and O–H groups in total. The molecule has 1 aliphatic carbocycles. The van der Waals surface area contributed by atoms with Crippen LogP contribution in [0.5, 0.6) is 0 Å². The average Bonchev–Trinajstić information content (AvgIpc) is 2.94. The number of likely N-dealkylation sites (N-methyl/N-ethyl adjacent to an activating group) is 1. The number of aliphatic hydroxyl groups is 1. The van der Waals surface area contributed by atoms with Crippen LogP contribution in [-0.2, 0) is 19.3 Å². The molecule has 0 amide bonds. The number of hydrogen-bond acceptors (Lipinski definition) is 6. The largest absolute Gasteiger partial charge is 0.390 e. The Morgan fingerprint density at radius 2 is 1.75 bits per heavy atom. The van der Waals surface area contributed by atoms with Gasteiger partial charge in [0.2, 0.25) is 0 Å². The van der Waals surface area contributed by atoms with Gasteiger partial charge in [-0.1, -0.05) is 0 Å². The average molecular weight is 305 g/mol. The summed E-state index contributed by atoms with van der Waals surface area (Å²) in [5, 5.41) is 9.96. The molecule has 0 radical (unpaired) electrons. The fourth-order valence-electron chi connectivity index (χ4n) is 3.71. The van der Waals surface area contributed by atoms with Gasteiger partial charge in [-0.2, -0.15) is 0 Å². The van der Waals surface area contributed by atoms with Crippen LogP contribution >= 0.6 is 0 Å². The molecule has 3 fully saturated rings. The molecule has 116 valence electrons. The van der Waals surface area contributed by atoms with Crippen molar-refractivity contribution in [2.24, 2.45) is 0 Å². The molecule has 2 unspecified atom stereocenters. The molecule has 6 nitrogen and oxygen atoms in total. The maximum atomic E-state index is 11.6. The minimum atomic E-state index is -3.09. The molecule has 3 aliphatic rings. The molecule has 2 aliphatic heterocycles. The van der Waals surface area contributed by atoms with Crippen LogP contribution in [0.4, 0.5) is 0 Å². The molecule has 1 saturated carbocycles. The van der Waals surface area contributed by atoms with Gasteiger partial charge < -0.3 is 14.6 Å². The molecule has 2 saturated heterocycles. The number of nitrogens with zero attached hydrogens (tertiary/aromatic N) is 1. The van der Waals surface area contributed by atoms with E-state index in [1.165, 1.54) is 0 Å². The Labute approximate surface area is 120 Å². The minimum absolute atomic E-state index is 0.0688. The maximum Gasteiger partial charge on any atom is 0.168 e. The van der Waals surface area contributed by atoms with E-state index in [0.717, 1.165) is 25.7 Å². The lowest BCUT2D eigenvalue weighted by atomic mass is 9.88. The number of rotatable bonds is 2. The van der Waals surface area contributed by atoms with Gasteiger partial charge in [-0.05, 0) is 19.9 Å². The first-order chi connectivity index (χ1) is 9.41. The Kier molecular flexibility index (Phi) is 3.83. The summed E-state index contributed by atoms with van der Waals surface area (Å²) in [5.41, 5.74) is 0. The van der Waals surface area contributed by atoms with Crippen molar-refractivity contribution in [2.75, 3.05) is 31.8 Å². The Morgan fingerprint density at radius 3 is 2.25 bits per heavy atom. The fraction of sp³-hybridized carbons (Fsp3) is 1.00. The SMILES string of the molecule is CN(C1CCC2(CC1)OCCO2)C1CS(=O)(=O)CC1O. The normalized spacial score (nSPS) is 37.0. The lowest BCUT2D eigenvalue weighted by molar-refractivity contribution is -0.184. The molecule has 0 bridgehead atoms. The molecular formula is C13H23NO5S. The van der Waals surface area contributed by atoms with E-state index in [4.69, 9.17) is 9.47 Å². The Hall–Kier alpha value is -0.210. The summed E-state index contributed by atoms with van der Waals surface area (Å²) >= 11 is 0. The van der Waals surface area contributed by atoms with Gasteiger partial charge in [-0.3, -0.25) is 4.90 Å². The monoisotopic (exact) mass is 305 g/mol. The molecule has 3 rings (SSSR count). The number of hydrogen-bond donors (Lipinski definition) is 1. The van der Waals surface area contributed by atoms with Crippen LogP contribution in [0, 0.1) is 0 Å². The molecule has 7 heteroatoms. The van der Waals surface area contributed by atoms with E-state index in [0.29, 0.717) is 19.3 Å². The summed E-state index contributed by atoms with van der Waals surface area (Å²) in [5.74, 6) is -0.429. The van der Waals surface area contributed by atoms with Crippen molar-refractivity contribution >= 4 is 9.84 Å². The highest BCUT2D eigenvalue weighted by Gasteiger charge is 2.45. The van der Waals surface area contributed by atoms with E-state index in [1.807, 2.05) is 7.05 Å². The smallest absolute Gasteiger partial charge is 0.168 e. The summed E-state index contributed by atoms with van der Waals surface area (Å²) < 4.78 is 34.6. The van der Waals surface area contributed by atoms with E-state index in [2.05, 4.69) is 4.90 Å². The predicted octanol–water partition coefficient (Wildman–Crippen LogP) is -0.238. The van der Waals surface area contributed by atoms with Gasteiger partial charge in [-0.25, -0.2) is 8.42 Å². The molecule has 0 aromatic heterocycles. The lowest BCUT2D eigenvalue weighted by Gasteiger charge is -2.41. The third-order valence-electron chi connectivity index (χ3n) is 4.92. The topological polar surface area (TPSA) is 76.1 Å². The summed E-state index contributed by atoms with van der Waals surface area (Å²) in [6.07, 6.45) is 2.76. The van der Waals surface area contributed by atoms with Crippen molar-refractivity contribution in [1.29, 1.82) is 0 Å². The van der Waals surface area contributed by atoms with Crippen molar-refractivity contribution in [1.82, 2.24) is 4.90 Å². The van der Waals surface area contributed by atoms with E-state index >= 15 is 0 Å². The fourth-order valence-corrected chi connectivity index (χ4v) is 5.56. The van der Waals surface area contributed by atoms with E-state index in [-0.39, 0.29) is 17.5 Å². The Balaban J connectivity index is 1.60. The zero-order chi connectivity index (χ0) is 14.4. The van der Waals surface area contributed by atoms with Gasteiger partial charge in [-0.15, -0.1) is 0 Å². The molecule has 1 spiro atoms. The van der Waals surface area contributed by atoms with Crippen LogP contribution in [0.15, 0.2) is 0 Å².